The first-order valence-corrected chi connectivity index (χ1v) is 10.3. The minimum atomic E-state index is -0.564. The number of nitrogens with one attached hydrogen (secondary N) is 2. The Kier molecular flexibility index (Phi) is 12.0. The smallest absolute Gasteiger partial charge is 0.410 e. The van der Waals surface area contributed by atoms with Crippen molar-refractivity contribution >= 4 is 36.0 Å². The molecular weight excluding hydrogens is 524 g/mol. The molecule has 0 aliphatic carbocycles. The summed E-state index contributed by atoms with van der Waals surface area (Å²) in [5.74, 6) is 0.346. The zero-order chi connectivity index (χ0) is 22.7. The van der Waals surface area contributed by atoms with Crippen LogP contribution in [0.25, 0.3) is 0 Å². The minimum absolute atomic E-state index is 0. The predicted molar refractivity (Wildman–Crippen MR) is 136 cm³/mol. The maximum atomic E-state index is 13.3. The Bertz CT molecular complexity index is 859. The molecule has 0 bridgehead atoms. The van der Waals surface area contributed by atoms with E-state index >= 15 is 0 Å². The molecule has 0 aliphatic heterocycles. The van der Waals surface area contributed by atoms with Gasteiger partial charge in [-0.3, -0.25) is 9.98 Å². The Morgan fingerprint density at radius 2 is 1.94 bits per heavy atom. The van der Waals surface area contributed by atoms with Crippen molar-refractivity contribution in [3.63, 3.8) is 0 Å². The van der Waals surface area contributed by atoms with Gasteiger partial charge >= 0.3 is 6.09 Å². The molecule has 0 unspecified atom stereocenters. The molecule has 176 valence electrons. The number of ether oxygens (including phenoxy) is 1. The summed E-state index contributed by atoms with van der Waals surface area (Å²) < 4.78 is 18.9. The zero-order valence-corrected chi connectivity index (χ0v) is 21.4. The Labute approximate surface area is 206 Å². The number of amides is 1. The molecule has 0 saturated heterocycles. The molecule has 2 aromatic rings. The summed E-state index contributed by atoms with van der Waals surface area (Å²) in [6.45, 7) is 7.56. The van der Waals surface area contributed by atoms with Gasteiger partial charge in [0.15, 0.2) is 5.96 Å². The van der Waals surface area contributed by atoms with Gasteiger partial charge in [-0.2, -0.15) is 0 Å². The van der Waals surface area contributed by atoms with Crippen molar-refractivity contribution in [2.24, 2.45) is 4.99 Å². The molecule has 2 rings (SSSR count). The van der Waals surface area contributed by atoms with Gasteiger partial charge in [0, 0.05) is 39.1 Å². The van der Waals surface area contributed by atoms with Crippen LogP contribution in [0.4, 0.5) is 9.18 Å². The number of carbonyl (C=O) groups is 1. The predicted octanol–water partition coefficient (Wildman–Crippen LogP) is 4.33. The highest BCUT2D eigenvalue weighted by molar-refractivity contribution is 14.0. The van der Waals surface area contributed by atoms with Crippen molar-refractivity contribution in [3.8, 4) is 0 Å². The van der Waals surface area contributed by atoms with Gasteiger partial charge in [0.2, 0.25) is 0 Å². The summed E-state index contributed by atoms with van der Waals surface area (Å²) in [6, 6.07) is 10.2. The van der Waals surface area contributed by atoms with Crippen LogP contribution in [0.15, 0.2) is 53.8 Å². The van der Waals surface area contributed by atoms with E-state index in [0.29, 0.717) is 38.6 Å². The number of halogens is 2. The van der Waals surface area contributed by atoms with Crippen LogP contribution in [0, 0.1) is 5.82 Å². The van der Waals surface area contributed by atoms with Crippen molar-refractivity contribution < 1.29 is 13.9 Å². The molecule has 0 fully saturated rings. The summed E-state index contributed by atoms with van der Waals surface area (Å²) in [6.07, 6.45) is 3.78. The van der Waals surface area contributed by atoms with Crippen LogP contribution in [0.1, 0.15) is 38.3 Å². The molecule has 9 heteroatoms. The van der Waals surface area contributed by atoms with Crippen molar-refractivity contribution in [1.82, 2.24) is 20.5 Å². The third kappa shape index (κ3) is 10.7. The number of nitrogens with zero attached hydrogens (tertiary/aromatic N) is 3. The van der Waals surface area contributed by atoms with E-state index in [0.717, 1.165) is 11.1 Å². The largest absolute Gasteiger partial charge is 0.444 e. The first kappa shape index (κ1) is 27.6. The molecule has 0 spiro atoms. The number of carbonyl (C=O) groups excluding carboxylic acids is 1. The van der Waals surface area contributed by atoms with Gasteiger partial charge in [0.25, 0.3) is 0 Å². The van der Waals surface area contributed by atoms with Gasteiger partial charge in [-0.25, -0.2) is 9.18 Å². The lowest BCUT2D eigenvalue weighted by atomic mass is 10.2. The van der Waals surface area contributed by atoms with Crippen molar-refractivity contribution in [3.05, 3.63) is 65.7 Å². The van der Waals surface area contributed by atoms with E-state index in [9.17, 15) is 9.18 Å². The van der Waals surface area contributed by atoms with Crippen molar-refractivity contribution in [2.45, 2.75) is 45.9 Å². The number of aromatic nitrogens is 1. The summed E-state index contributed by atoms with van der Waals surface area (Å²) in [5.41, 5.74) is 1.20. The van der Waals surface area contributed by atoms with E-state index in [1.165, 1.54) is 12.1 Å². The monoisotopic (exact) mass is 557 g/mol. The van der Waals surface area contributed by atoms with Crippen molar-refractivity contribution in [1.29, 1.82) is 0 Å². The third-order valence-electron chi connectivity index (χ3n) is 4.22. The van der Waals surface area contributed by atoms with Crippen LogP contribution in [0.3, 0.4) is 0 Å². The van der Waals surface area contributed by atoms with Gasteiger partial charge in [0.1, 0.15) is 11.4 Å². The summed E-state index contributed by atoms with van der Waals surface area (Å²) >= 11 is 0. The molecule has 2 N–H and O–H groups in total. The summed E-state index contributed by atoms with van der Waals surface area (Å²) in [7, 11) is 1.68. The Balaban J connectivity index is 0.00000512. The first-order chi connectivity index (χ1) is 14.8. The molecule has 0 aliphatic rings. The SMILES string of the molecule is CN=C(NCCCN(Cc1cccnc1)C(=O)OC(C)(C)C)NCc1cccc(F)c1.I. The van der Waals surface area contributed by atoms with Crippen LogP contribution in [-0.4, -0.2) is 47.7 Å². The Hall–Kier alpha value is -2.43. The summed E-state index contributed by atoms with van der Waals surface area (Å²) in [4.78, 5) is 22.6. The first-order valence-electron chi connectivity index (χ1n) is 10.3. The van der Waals surface area contributed by atoms with Crippen LogP contribution in [-0.2, 0) is 17.8 Å². The maximum absolute atomic E-state index is 13.3. The fourth-order valence-corrected chi connectivity index (χ4v) is 2.80. The minimum Gasteiger partial charge on any atom is -0.444 e. The van der Waals surface area contributed by atoms with E-state index in [1.54, 1.807) is 30.4 Å². The quantitative estimate of drug-likeness (QED) is 0.219. The standard InChI is InChI=1S/C23H32FN5O2.HI/c1-23(2,3)31-22(30)29(17-19-9-6-11-26-15-19)13-7-12-27-21(25-4)28-16-18-8-5-10-20(24)14-18;/h5-6,8-11,14-15H,7,12-13,16-17H2,1-4H3,(H2,25,27,28);1H. The third-order valence-corrected chi connectivity index (χ3v) is 4.22. The van der Waals surface area contributed by atoms with Gasteiger partial charge < -0.3 is 20.3 Å². The number of pyridine rings is 1. The lowest BCUT2D eigenvalue weighted by Gasteiger charge is -2.27. The second-order valence-corrected chi connectivity index (χ2v) is 8.10. The number of aliphatic imine (C=N–C) groups is 1. The molecule has 0 radical (unpaired) electrons. The van der Waals surface area contributed by atoms with E-state index in [2.05, 4.69) is 20.6 Å². The number of rotatable bonds is 8. The van der Waals surface area contributed by atoms with E-state index in [-0.39, 0.29) is 35.9 Å². The number of benzene rings is 1. The molecule has 7 nitrogen and oxygen atoms in total. The van der Waals surface area contributed by atoms with Crippen LogP contribution >= 0.6 is 24.0 Å². The van der Waals surface area contributed by atoms with Gasteiger partial charge in [0.05, 0.1) is 6.54 Å². The number of hydrogen-bond donors (Lipinski definition) is 2. The lowest BCUT2D eigenvalue weighted by Crippen LogP contribution is -2.40. The molecule has 32 heavy (non-hydrogen) atoms. The van der Waals surface area contributed by atoms with Crippen LogP contribution in [0.2, 0.25) is 0 Å². The Morgan fingerprint density at radius 3 is 2.56 bits per heavy atom. The number of hydrogen-bond acceptors (Lipinski definition) is 4. The molecule has 1 heterocycles. The highest BCUT2D eigenvalue weighted by Gasteiger charge is 2.22. The fourth-order valence-electron chi connectivity index (χ4n) is 2.80. The van der Waals surface area contributed by atoms with Gasteiger partial charge in [-0.05, 0) is 56.5 Å². The highest BCUT2D eigenvalue weighted by atomic mass is 127. The van der Waals surface area contributed by atoms with E-state index in [4.69, 9.17) is 4.74 Å². The highest BCUT2D eigenvalue weighted by Crippen LogP contribution is 2.12. The zero-order valence-electron chi connectivity index (χ0n) is 19.1. The maximum Gasteiger partial charge on any atom is 0.410 e. The normalized spacial score (nSPS) is 11.3. The van der Waals surface area contributed by atoms with E-state index < -0.39 is 5.60 Å². The average Bonchev–Trinajstić information content (AvgIpc) is 2.72. The molecule has 1 amide bonds. The van der Waals surface area contributed by atoms with Crippen LogP contribution < -0.4 is 10.6 Å². The second kappa shape index (κ2) is 13.9. The molecule has 1 aromatic heterocycles. The fraction of sp³-hybridized carbons (Fsp3) is 0.435. The van der Waals surface area contributed by atoms with E-state index in [1.807, 2.05) is 39.0 Å². The average molecular weight is 557 g/mol. The van der Waals surface area contributed by atoms with Gasteiger partial charge in [-0.1, -0.05) is 18.2 Å². The molecule has 1 aromatic carbocycles. The van der Waals surface area contributed by atoms with Gasteiger partial charge in [-0.15, -0.1) is 24.0 Å². The lowest BCUT2D eigenvalue weighted by molar-refractivity contribution is 0.0232. The Morgan fingerprint density at radius 1 is 1.19 bits per heavy atom. The molecule has 0 saturated carbocycles. The topological polar surface area (TPSA) is 78.9 Å². The van der Waals surface area contributed by atoms with Crippen LogP contribution in [0.5, 0.6) is 0 Å². The number of guanidine groups is 1. The molecule has 0 atom stereocenters. The van der Waals surface area contributed by atoms with Crippen molar-refractivity contribution in [2.75, 3.05) is 20.1 Å². The molecular formula is C23H33FIN5O2. The summed E-state index contributed by atoms with van der Waals surface area (Å²) in [5, 5.41) is 6.37. The second-order valence-electron chi connectivity index (χ2n) is 8.10.